The monoisotopic (exact) mass is 641 g/mol. The van der Waals surface area contributed by atoms with Crippen molar-refractivity contribution in [3.05, 3.63) is 168 Å². The van der Waals surface area contributed by atoms with Gasteiger partial charge in [0.2, 0.25) is 5.96 Å². The summed E-state index contributed by atoms with van der Waals surface area (Å²) in [5.74, 6) is 0.0123. The molecule has 2 aliphatic heterocycles. The third-order valence-corrected chi connectivity index (χ3v) is 9.48. The van der Waals surface area contributed by atoms with E-state index in [1.807, 2.05) is 30.3 Å². The molecule has 0 radical (unpaired) electrons. The SMILES string of the molecule is C=Nc1ccccc1N1Cc2ccc3c(c2-c2ccccc21)c1ccccc1n3C1=NC(c2ccc(F)cc2)=CC(c2ccc(F)cc2)N1. The second kappa shape index (κ2) is 11.4. The minimum Gasteiger partial charge on any atom is -0.345 e. The smallest absolute Gasteiger partial charge is 0.209 e. The number of halogens is 2. The van der Waals surface area contributed by atoms with E-state index in [-0.39, 0.29) is 17.7 Å². The van der Waals surface area contributed by atoms with Crippen molar-refractivity contribution in [3.8, 4) is 11.1 Å². The molecule has 7 aromatic rings. The first kappa shape index (κ1) is 28.8. The van der Waals surface area contributed by atoms with Crippen molar-refractivity contribution in [1.29, 1.82) is 0 Å². The second-order valence-electron chi connectivity index (χ2n) is 12.3. The number of hydrogen-bond acceptors (Lipinski definition) is 4. The lowest BCUT2D eigenvalue weighted by Gasteiger charge is -2.34. The molecule has 3 heterocycles. The normalized spacial score (nSPS) is 15.3. The van der Waals surface area contributed by atoms with E-state index < -0.39 is 0 Å². The minimum absolute atomic E-state index is 0.300. The highest BCUT2D eigenvalue weighted by Gasteiger charge is 2.30. The Hall–Kier alpha value is -6.34. The fourth-order valence-corrected chi connectivity index (χ4v) is 7.26. The van der Waals surface area contributed by atoms with E-state index in [0.717, 1.165) is 55.6 Å². The molecular formula is C42H29F2N5. The van der Waals surface area contributed by atoms with Gasteiger partial charge in [0.1, 0.15) is 11.6 Å². The van der Waals surface area contributed by atoms with Crippen LogP contribution in [0, 0.1) is 11.6 Å². The number of para-hydroxylation sites is 4. The molecule has 49 heavy (non-hydrogen) atoms. The van der Waals surface area contributed by atoms with Crippen LogP contribution in [0.25, 0.3) is 38.6 Å². The zero-order chi connectivity index (χ0) is 33.1. The molecule has 0 saturated carbocycles. The molecule has 9 rings (SSSR count). The number of nitrogens with zero attached hydrogens (tertiary/aromatic N) is 4. The molecular weight excluding hydrogens is 612 g/mol. The van der Waals surface area contributed by atoms with Gasteiger partial charge in [0, 0.05) is 34.1 Å². The van der Waals surface area contributed by atoms with Crippen molar-refractivity contribution in [3.63, 3.8) is 0 Å². The molecule has 5 nitrogen and oxygen atoms in total. The summed E-state index contributed by atoms with van der Waals surface area (Å²) >= 11 is 0. The topological polar surface area (TPSA) is 44.9 Å². The van der Waals surface area contributed by atoms with Crippen molar-refractivity contribution in [2.75, 3.05) is 4.90 Å². The van der Waals surface area contributed by atoms with Gasteiger partial charge >= 0.3 is 0 Å². The summed E-state index contributed by atoms with van der Waals surface area (Å²) in [5.41, 5.74) is 10.8. The summed E-state index contributed by atoms with van der Waals surface area (Å²) in [7, 11) is 0. The van der Waals surface area contributed by atoms with E-state index in [0.29, 0.717) is 18.2 Å². The van der Waals surface area contributed by atoms with Gasteiger partial charge in [0.15, 0.2) is 0 Å². The lowest BCUT2D eigenvalue weighted by molar-refractivity contribution is 0.625. The Labute approximate surface area is 281 Å². The van der Waals surface area contributed by atoms with E-state index in [1.54, 1.807) is 24.3 Å². The van der Waals surface area contributed by atoms with Gasteiger partial charge < -0.3 is 10.2 Å². The first-order valence-electron chi connectivity index (χ1n) is 16.1. The standard InChI is InChI=1S/C42H29F2N5/c1-45-33-10-4-7-13-38(33)48-25-28-18-23-39-41(40(28)31-8-2-5-11-36(31)48)32-9-3-6-12-37(32)49(39)42-46-34(26-14-19-29(43)20-15-26)24-35(47-42)27-16-21-30(44)22-17-27/h2-24,34H,1,25H2,(H,46,47). The molecule has 1 aromatic heterocycles. The maximum Gasteiger partial charge on any atom is 0.209 e. The summed E-state index contributed by atoms with van der Waals surface area (Å²) in [6, 6.07) is 41.9. The van der Waals surface area contributed by atoms with Gasteiger partial charge in [-0.1, -0.05) is 66.7 Å². The third kappa shape index (κ3) is 4.73. The molecule has 1 atom stereocenters. The Morgan fingerprint density at radius 3 is 2.20 bits per heavy atom. The van der Waals surface area contributed by atoms with Crippen LogP contribution >= 0.6 is 0 Å². The molecule has 0 spiro atoms. The van der Waals surface area contributed by atoms with Gasteiger partial charge in [-0.05, 0) is 96.2 Å². The number of aliphatic imine (C=N–C) groups is 2. The van der Waals surface area contributed by atoms with Crippen molar-refractivity contribution >= 4 is 57.2 Å². The maximum atomic E-state index is 14.0. The Balaban J connectivity index is 1.27. The number of aromatic nitrogens is 1. The Morgan fingerprint density at radius 1 is 0.714 bits per heavy atom. The van der Waals surface area contributed by atoms with Crippen LogP contribution < -0.4 is 10.2 Å². The van der Waals surface area contributed by atoms with Crippen LogP contribution in [-0.4, -0.2) is 17.2 Å². The predicted octanol–water partition coefficient (Wildman–Crippen LogP) is 10.3. The van der Waals surface area contributed by atoms with Gasteiger partial charge in [0.05, 0.1) is 34.1 Å². The molecule has 236 valence electrons. The quantitative estimate of drug-likeness (QED) is 0.194. The number of nitrogens with one attached hydrogen (secondary N) is 1. The fourth-order valence-electron chi connectivity index (χ4n) is 7.26. The molecule has 0 fully saturated rings. The molecule has 6 aromatic carbocycles. The van der Waals surface area contributed by atoms with Gasteiger partial charge in [-0.15, -0.1) is 0 Å². The number of hydrogen-bond donors (Lipinski definition) is 1. The molecule has 7 heteroatoms. The van der Waals surface area contributed by atoms with Gasteiger partial charge in [-0.3, -0.25) is 9.56 Å². The van der Waals surface area contributed by atoms with Crippen molar-refractivity contribution < 1.29 is 8.78 Å². The molecule has 1 N–H and O–H groups in total. The highest BCUT2D eigenvalue weighted by atomic mass is 19.1. The zero-order valence-corrected chi connectivity index (χ0v) is 26.3. The molecule has 0 saturated heterocycles. The van der Waals surface area contributed by atoms with Crippen LogP contribution in [0.5, 0.6) is 0 Å². The third-order valence-electron chi connectivity index (χ3n) is 9.48. The molecule has 0 amide bonds. The molecule has 0 aliphatic carbocycles. The van der Waals surface area contributed by atoms with E-state index in [2.05, 4.69) is 87.2 Å². The molecule has 0 bridgehead atoms. The number of benzene rings is 6. The summed E-state index contributed by atoms with van der Waals surface area (Å²) in [4.78, 5) is 11.8. The first-order valence-corrected chi connectivity index (χ1v) is 16.1. The number of rotatable bonds is 4. The van der Waals surface area contributed by atoms with Crippen molar-refractivity contribution in [2.45, 2.75) is 12.6 Å². The van der Waals surface area contributed by atoms with Crippen LogP contribution in [0.2, 0.25) is 0 Å². The Morgan fingerprint density at radius 2 is 1.41 bits per heavy atom. The average Bonchev–Trinajstić information content (AvgIpc) is 3.49. The van der Waals surface area contributed by atoms with Crippen LogP contribution in [0.15, 0.2) is 150 Å². The van der Waals surface area contributed by atoms with Crippen molar-refractivity contribution in [1.82, 2.24) is 9.88 Å². The minimum atomic E-state index is -0.312. The first-order chi connectivity index (χ1) is 24.1. The average molecular weight is 642 g/mol. The maximum absolute atomic E-state index is 14.0. The fraction of sp³-hybridized carbons (Fsp3) is 0.0476. The lowest BCUT2D eigenvalue weighted by atomic mass is 9.89. The van der Waals surface area contributed by atoms with E-state index in [1.165, 1.54) is 35.4 Å². The Kier molecular flexibility index (Phi) is 6.72. The summed E-state index contributed by atoms with van der Waals surface area (Å²) < 4.78 is 30.1. The van der Waals surface area contributed by atoms with E-state index in [4.69, 9.17) is 4.99 Å². The van der Waals surface area contributed by atoms with Gasteiger partial charge in [-0.25, -0.2) is 13.8 Å². The second-order valence-corrected chi connectivity index (χ2v) is 12.3. The van der Waals surface area contributed by atoms with Crippen molar-refractivity contribution in [2.24, 2.45) is 9.98 Å². The highest BCUT2D eigenvalue weighted by molar-refractivity contribution is 6.21. The van der Waals surface area contributed by atoms with Gasteiger partial charge in [-0.2, -0.15) is 0 Å². The van der Waals surface area contributed by atoms with E-state index >= 15 is 0 Å². The summed E-state index contributed by atoms with van der Waals surface area (Å²) in [6.45, 7) is 4.50. The molecule has 2 aliphatic rings. The summed E-state index contributed by atoms with van der Waals surface area (Å²) in [5, 5.41) is 5.88. The highest BCUT2D eigenvalue weighted by Crippen LogP contribution is 2.49. The zero-order valence-electron chi connectivity index (χ0n) is 26.3. The lowest BCUT2D eigenvalue weighted by Crippen LogP contribution is -2.35. The van der Waals surface area contributed by atoms with Crippen LogP contribution in [0.4, 0.5) is 25.8 Å². The van der Waals surface area contributed by atoms with Crippen LogP contribution in [0.3, 0.4) is 0 Å². The summed E-state index contributed by atoms with van der Waals surface area (Å²) in [6.07, 6.45) is 2.00. The van der Waals surface area contributed by atoms with Crippen LogP contribution in [-0.2, 0) is 6.54 Å². The van der Waals surface area contributed by atoms with E-state index in [9.17, 15) is 8.78 Å². The largest absolute Gasteiger partial charge is 0.345 e. The number of anilines is 2. The number of fused-ring (bicyclic) bond motifs is 7. The predicted molar refractivity (Wildman–Crippen MR) is 196 cm³/mol. The Bertz CT molecular complexity index is 2490. The van der Waals surface area contributed by atoms with Gasteiger partial charge in [0.25, 0.3) is 0 Å². The molecule has 1 unspecified atom stereocenters. The van der Waals surface area contributed by atoms with Crippen LogP contribution in [0.1, 0.15) is 22.7 Å².